The van der Waals surface area contributed by atoms with Gasteiger partial charge in [0.2, 0.25) is 0 Å². The van der Waals surface area contributed by atoms with Crippen LogP contribution in [0.4, 0.5) is 11.4 Å². The Hall–Kier alpha value is -5.17. The molecular weight excluding hydrogens is 675 g/mol. The highest BCUT2D eigenvalue weighted by atomic mass is 28.3. The SMILES string of the molecule is COc1ccc([Si](C)(C)[C@@H]2[C@@H](CCn3cc(C(CO)c4ccccc4)nn3)O[C@]3(C(=O)N(Cc4ccccc4)c4ccc([N+](=O)[O-])cc43)[C@H]2C)cc1. The predicted octanol–water partition coefficient (Wildman–Crippen LogP) is 6.17. The molecule has 2 aliphatic rings. The van der Waals surface area contributed by atoms with Gasteiger partial charge >= 0.3 is 0 Å². The summed E-state index contributed by atoms with van der Waals surface area (Å²) in [6.07, 6.45) is 2.00. The first-order valence-electron chi connectivity index (χ1n) is 17.6. The molecule has 0 radical (unpaired) electrons. The summed E-state index contributed by atoms with van der Waals surface area (Å²) >= 11 is 0. The highest BCUT2D eigenvalue weighted by molar-refractivity contribution is 6.91. The average molecular weight is 718 g/mol. The number of hydrogen-bond acceptors (Lipinski definition) is 8. The fraction of sp³-hybridized carbons (Fsp3) is 0.325. The summed E-state index contributed by atoms with van der Waals surface area (Å²) in [5, 5.41) is 32.4. The Labute approximate surface area is 304 Å². The summed E-state index contributed by atoms with van der Waals surface area (Å²) in [6, 6.07) is 32.3. The van der Waals surface area contributed by atoms with Crippen LogP contribution in [0, 0.1) is 16.0 Å². The van der Waals surface area contributed by atoms with Crippen LogP contribution in [0.3, 0.4) is 0 Å². The largest absolute Gasteiger partial charge is 0.497 e. The summed E-state index contributed by atoms with van der Waals surface area (Å²) in [5.41, 5.74) is 2.16. The number of nitro groups is 1. The molecule has 12 heteroatoms. The van der Waals surface area contributed by atoms with Crippen LogP contribution in [0.25, 0.3) is 0 Å². The van der Waals surface area contributed by atoms with Crippen LogP contribution < -0.4 is 14.8 Å². The number of hydrogen-bond donors (Lipinski definition) is 1. The van der Waals surface area contributed by atoms with E-state index in [4.69, 9.17) is 9.47 Å². The number of nitro benzene ring substituents is 1. The third kappa shape index (κ3) is 6.10. The maximum Gasteiger partial charge on any atom is 0.269 e. The van der Waals surface area contributed by atoms with Crippen molar-refractivity contribution in [2.24, 2.45) is 5.92 Å². The second-order valence-corrected chi connectivity index (χ2v) is 19.0. The Morgan fingerprint density at radius 2 is 1.71 bits per heavy atom. The lowest BCUT2D eigenvalue weighted by atomic mass is 9.82. The Kier molecular flexibility index (Phi) is 9.55. The third-order valence-electron chi connectivity index (χ3n) is 11.2. The molecular formula is C40H43N5O6Si. The first-order valence-corrected chi connectivity index (χ1v) is 20.7. The van der Waals surface area contributed by atoms with Crippen LogP contribution in [0.1, 0.15) is 41.6 Å². The number of methoxy groups -OCH3 is 1. The first kappa shape index (κ1) is 35.2. The molecule has 1 amide bonds. The van der Waals surface area contributed by atoms with Crippen molar-refractivity contribution < 1.29 is 24.3 Å². The molecule has 1 spiro atoms. The number of benzene rings is 4. The standard InChI is InChI=1S/C40H43N5O6Si/c1-27-38(52(3,4)32-18-16-31(50-2)17-19-32)37(21-22-43-25-35(41-42-43)33(26-46)29-13-9-6-10-14-29)51-40(27)34-23-30(45(48)49)15-20-36(34)44(39(40)47)24-28-11-7-5-8-12-28/h5-20,23,25,27,33,37-38,46H,21-22,24,26H2,1-4H3/t27-,33?,37+,38-,40+/m0/s1. The zero-order valence-corrected chi connectivity index (χ0v) is 30.8. The Morgan fingerprint density at radius 3 is 2.37 bits per heavy atom. The zero-order valence-electron chi connectivity index (χ0n) is 29.8. The summed E-state index contributed by atoms with van der Waals surface area (Å²) in [7, 11) is -0.804. The number of fused-ring (bicyclic) bond motifs is 2. The minimum atomic E-state index is -2.45. The monoisotopic (exact) mass is 717 g/mol. The van der Waals surface area contributed by atoms with Crippen molar-refractivity contribution in [3.63, 3.8) is 0 Å². The molecule has 0 bridgehead atoms. The third-order valence-corrected chi connectivity index (χ3v) is 15.5. The van der Waals surface area contributed by atoms with Gasteiger partial charge in [-0.1, -0.05) is 103 Å². The van der Waals surface area contributed by atoms with E-state index >= 15 is 4.79 Å². The molecule has 1 unspecified atom stereocenters. The lowest BCUT2D eigenvalue weighted by molar-refractivity contribution is -0.385. The van der Waals surface area contributed by atoms with Crippen molar-refractivity contribution in [1.82, 2.24) is 15.0 Å². The molecule has 0 aliphatic carbocycles. The van der Waals surface area contributed by atoms with E-state index < -0.39 is 18.6 Å². The van der Waals surface area contributed by atoms with Crippen LogP contribution in [0.15, 0.2) is 109 Å². The van der Waals surface area contributed by atoms with Gasteiger partial charge < -0.3 is 19.5 Å². The van der Waals surface area contributed by atoms with Gasteiger partial charge in [-0.15, -0.1) is 5.10 Å². The Bertz CT molecular complexity index is 2060. The number of aryl methyl sites for hydroxylation is 1. The number of aliphatic hydroxyl groups excluding tert-OH is 1. The number of non-ortho nitro benzene ring substituents is 1. The number of amides is 1. The van der Waals surface area contributed by atoms with Crippen molar-refractivity contribution in [1.29, 1.82) is 0 Å². The molecule has 5 aromatic rings. The molecule has 7 rings (SSSR count). The van der Waals surface area contributed by atoms with E-state index in [9.17, 15) is 15.2 Å². The maximum atomic E-state index is 15.0. The molecule has 4 aromatic carbocycles. The number of carbonyl (C=O) groups excluding carboxylic acids is 1. The predicted molar refractivity (Wildman–Crippen MR) is 200 cm³/mol. The molecule has 1 N–H and O–H groups in total. The van der Waals surface area contributed by atoms with E-state index in [1.54, 1.807) is 28.8 Å². The van der Waals surface area contributed by atoms with E-state index in [-0.39, 0.29) is 41.7 Å². The molecule has 268 valence electrons. The van der Waals surface area contributed by atoms with Gasteiger partial charge in [-0.25, -0.2) is 0 Å². The van der Waals surface area contributed by atoms with Crippen LogP contribution in [-0.4, -0.2) is 58.8 Å². The van der Waals surface area contributed by atoms with Crippen molar-refractivity contribution in [2.75, 3.05) is 18.6 Å². The number of rotatable bonds is 12. The normalized spacial score (nSPS) is 21.8. The summed E-state index contributed by atoms with van der Waals surface area (Å²) in [4.78, 5) is 28.5. The highest BCUT2D eigenvalue weighted by Gasteiger charge is 2.66. The number of anilines is 1. The topological polar surface area (TPSA) is 133 Å². The van der Waals surface area contributed by atoms with Crippen LogP contribution in [0.2, 0.25) is 18.6 Å². The van der Waals surface area contributed by atoms with Crippen molar-refractivity contribution in [3.05, 3.63) is 142 Å². The number of aromatic nitrogens is 3. The van der Waals surface area contributed by atoms with E-state index in [1.165, 1.54) is 11.3 Å². The zero-order chi connectivity index (χ0) is 36.6. The second-order valence-electron chi connectivity index (χ2n) is 14.3. The van der Waals surface area contributed by atoms with E-state index in [2.05, 4.69) is 42.5 Å². The summed E-state index contributed by atoms with van der Waals surface area (Å²) in [6.45, 7) is 7.35. The molecule has 0 saturated carbocycles. The quantitative estimate of drug-likeness (QED) is 0.0921. The molecule has 1 fully saturated rings. The summed E-state index contributed by atoms with van der Waals surface area (Å²) < 4.78 is 14.4. The Balaban J connectivity index is 1.28. The van der Waals surface area contributed by atoms with Gasteiger partial charge in [0.25, 0.3) is 11.6 Å². The first-order chi connectivity index (χ1) is 25.1. The highest BCUT2D eigenvalue weighted by Crippen LogP contribution is 2.60. The Morgan fingerprint density at radius 1 is 1.02 bits per heavy atom. The van der Waals surface area contributed by atoms with E-state index in [0.29, 0.717) is 36.5 Å². The summed E-state index contributed by atoms with van der Waals surface area (Å²) in [5.74, 6) is -0.0737. The van der Waals surface area contributed by atoms with Crippen molar-refractivity contribution in [3.8, 4) is 5.75 Å². The van der Waals surface area contributed by atoms with Gasteiger partial charge in [0.05, 0.1) is 56.7 Å². The van der Waals surface area contributed by atoms with E-state index in [1.807, 2.05) is 79.0 Å². The van der Waals surface area contributed by atoms with Crippen molar-refractivity contribution >= 4 is 30.5 Å². The van der Waals surface area contributed by atoms with Crippen LogP contribution in [-0.2, 0) is 28.2 Å². The average Bonchev–Trinajstić information content (AvgIpc) is 3.82. The van der Waals surface area contributed by atoms with Gasteiger partial charge in [-0.3, -0.25) is 19.6 Å². The van der Waals surface area contributed by atoms with Crippen LogP contribution >= 0.6 is 0 Å². The molecule has 11 nitrogen and oxygen atoms in total. The molecule has 5 atom stereocenters. The molecule has 1 aromatic heterocycles. The molecule has 1 saturated heterocycles. The van der Waals surface area contributed by atoms with Gasteiger partial charge in [-0.2, -0.15) is 0 Å². The lowest BCUT2D eigenvalue weighted by Gasteiger charge is -2.37. The number of carbonyl (C=O) groups is 1. The second kappa shape index (κ2) is 14.1. The van der Waals surface area contributed by atoms with E-state index in [0.717, 1.165) is 16.9 Å². The molecule has 52 heavy (non-hydrogen) atoms. The van der Waals surface area contributed by atoms with Crippen LogP contribution in [0.5, 0.6) is 5.75 Å². The molecule has 2 aliphatic heterocycles. The fourth-order valence-corrected chi connectivity index (χ4v) is 12.6. The molecule has 3 heterocycles. The van der Waals surface area contributed by atoms with Gasteiger partial charge in [0.1, 0.15) is 5.75 Å². The fourth-order valence-electron chi connectivity index (χ4n) is 8.50. The number of ether oxygens (including phenoxy) is 2. The van der Waals surface area contributed by atoms with Gasteiger partial charge in [0.15, 0.2) is 5.60 Å². The smallest absolute Gasteiger partial charge is 0.269 e. The van der Waals surface area contributed by atoms with Gasteiger partial charge in [0, 0.05) is 36.4 Å². The van der Waals surface area contributed by atoms with Crippen molar-refractivity contribution in [2.45, 2.75) is 62.7 Å². The minimum Gasteiger partial charge on any atom is -0.497 e. The number of aliphatic hydroxyl groups is 1. The lowest BCUT2D eigenvalue weighted by Crippen LogP contribution is -2.51. The van der Waals surface area contributed by atoms with Gasteiger partial charge in [-0.05, 0) is 41.3 Å². The maximum absolute atomic E-state index is 15.0. The number of nitrogens with zero attached hydrogens (tertiary/aromatic N) is 5. The minimum absolute atomic E-state index is 0.0638.